The second-order valence-corrected chi connectivity index (χ2v) is 22.5. The van der Waals surface area contributed by atoms with E-state index in [4.69, 9.17) is 5.73 Å². The van der Waals surface area contributed by atoms with Gasteiger partial charge in [-0.25, -0.2) is 4.79 Å². The van der Waals surface area contributed by atoms with E-state index in [1.54, 1.807) is 9.80 Å². The number of hydrogen-bond acceptors (Lipinski definition) is 9. The fourth-order valence-corrected chi connectivity index (χ4v) is 9.55. The quantitative estimate of drug-likeness (QED) is 0.128. The lowest BCUT2D eigenvalue weighted by Gasteiger charge is -2.36. The van der Waals surface area contributed by atoms with Crippen LogP contribution < -0.4 is 11.1 Å². The summed E-state index contributed by atoms with van der Waals surface area (Å²) in [5.74, 6) is 0.0958. The Bertz CT molecular complexity index is 1610. The Morgan fingerprint density at radius 1 is 0.667 bits per heavy atom. The normalized spacial score (nSPS) is 28.4. The lowest BCUT2D eigenvalue weighted by Crippen LogP contribution is -2.56. The van der Waals surface area contributed by atoms with Crippen molar-refractivity contribution in [3.8, 4) is 0 Å². The van der Waals surface area contributed by atoms with Crippen LogP contribution in [0.4, 0.5) is 0 Å². The number of Topliss-reactive ketones (excluding diaryl/α,β-unsaturated/α-hetero) is 2. The van der Waals surface area contributed by atoms with Gasteiger partial charge in [0.15, 0.2) is 11.6 Å². The minimum Gasteiger partial charge on any atom is -0.480 e. The van der Waals surface area contributed by atoms with Gasteiger partial charge in [-0.2, -0.15) is 0 Å². The zero-order valence-corrected chi connectivity index (χ0v) is 39.7. The molecule has 368 valence electrons. The fraction of sp³-hybridized carbons (Fsp3) is 0.878. The maximum absolute atomic E-state index is 13.4. The van der Waals surface area contributed by atoms with E-state index in [9.17, 15) is 44.1 Å². The average molecular weight is 916 g/mol. The first-order valence-corrected chi connectivity index (χ1v) is 22.1. The highest BCUT2D eigenvalue weighted by Gasteiger charge is 2.71. The molecule has 6 N–H and O–H groups in total. The highest BCUT2D eigenvalue weighted by Crippen LogP contribution is 2.66. The summed E-state index contributed by atoms with van der Waals surface area (Å²) in [6.45, 7) is 28.5. The van der Waals surface area contributed by atoms with Gasteiger partial charge < -0.3 is 36.2 Å². The summed E-state index contributed by atoms with van der Waals surface area (Å²) in [6.07, 6.45) is 3.83. The molecule has 13 nitrogen and oxygen atoms in total. The van der Waals surface area contributed by atoms with Gasteiger partial charge in [-0.05, 0) is 77.9 Å². The van der Waals surface area contributed by atoms with Crippen LogP contribution in [0.5, 0.6) is 0 Å². The molecule has 4 unspecified atom stereocenters. The number of aliphatic hydroxyl groups excluding tert-OH is 2. The van der Waals surface area contributed by atoms with Gasteiger partial charge in [0.2, 0.25) is 17.7 Å². The van der Waals surface area contributed by atoms with E-state index >= 15 is 0 Å². The van der Waals surface area contributed by atoms with Gasteiger partial charge in [-0.15, -0.1) is 12.4 Å². The molecule has 4 saturated carbocycles. The molecular weight excluding hydrogens is 824 g/mol. The fourth-order valence-electron chi connectivity index (χ4n) is 9.55. The Labute approximate surface area is 387 Å². The number of hydrogen-bond donors (Lipinski definition) is 5. The number of nitrogens with zero attached hydrogens (tertiary/aromatic N) is 2. The van der Waals surface area contributed by atoms with E-state index in [1.807, 2.05) is 55.4 Å². The molecule has 0 aromatic carbocycles. The average Bonchev–Trinajstić information content (AvgIpc) is 4.10. The van der Waals surface area contributed by atoms with Crippen LogP contribution in [0.25, 0.3) is 0 Å². The van der Waals surface area contributed by atoms with Crippen molar-refractivity contribution in [3.05, 3.63) is 0 Å². The smallest absolute Gasteiger partial charge is 0.326 e. The Balaban J connectivity index is 0.000000978. The number of piperidine rings is 2. The second-order valence-electron chi connectivity index (χ2n) is 22.5. The first-order chi connectivity index (χ1) is 26.9. The van der Waals surface area contributed by atoms with Crippen LogP contribution in [0, 0.1) is 69.0 Å². The van der Waals surface area contributed by atoms with Gasteiger partial charge in [0, 0.05) is 36.9 Å². The van der Waals surface area contributed by atoms with Crippen LogP contribution >= 0.6 is 12.4 Å². The zero-order valence-electron chi connectivity index (χ0n) is 38.9. The van der Waals surface area contributed by atoms with Crippen LogP contribution in [-0.2, 0) is 28.8 Å². The molecule has 3 amide bonds. The lowest BCUT2D eigenvalue weighted by atomic mass is 9.81. The summed E-state index contributed by atoms with van der Waals surface area (Å²) in [4.78, 5) is 76.5. The van der Waals surface area contributed by atoms with Crippen molar-refractivity contribution < 1.29 is 44.1 Å². The van der Waals surface area contributed by atoms with E-state index < -0.39 is 36.3 Å². The van der Waals surface area contributed by atoms with E-state index in [-0.39, 0.29) is 115 Å². The van der Waals surface area contributed by atoms with Crippen LogP contribution in [-0.4, -0.2) is 110 Å². The van der Waals surface area contributed by atoms with Crippen LogP contribution in [0.15, 0.2) is 0 Å². The number of ketones is 2. The Morgan fingerprint density at radius 2 is 1.02 bits per heavy atom. The van der Waals surface area contributed by atoms with Crippen molar-refractivity contribution in [2.75, 3.05) is 13.1 Å². The molecule has 2 aliphatic heterocycles. The van der Waals surface area contributed by atoms with Crippen LogP contribution in [0.1, 0.15) is 158 Å². The van der Waals surface area contributed by atoms with Gasteiger partial charge in [0.25, 0.3) is 0 Å². The topological polar surface area (TPSA) is 208 Å². The molecule has 2 saturated heterocycles. The predicted octanol–water partition coefficient (Wildman–Crippen LogP) is 7.02. The molecule has 0 radical (unpaired) electrons. The Kier molecular flexibility index (Phi) is 20.9. The zero-order chi connectivity index (χ0) is 45.1. The van der Waals surface area contributed by atoms with Crippen molar-refractivity contribution >= 4 is 47.7 Å². The number of aliphatic hydroxyl groups is 2. The van der Waals surface area contributed by atoms with Crippen LogP contribution in [0.3, 0.4) is 0 Å². The number of aliphatic carboxylic acids is 1. The van der Waals surface area contributed by atoms with Crippen molar-refractivity contribution in [1.82, 2.24) is 15.1 Å². The number of carboxylic acid groups (broad SMARTS) is 1. The molecule has 63 heavy (non-hydrogen) atoms. The van der Waals surface area contributed by atoms with E-state index in [0.717, 1.165) is 19.3 Å². The lowest BCUT2D eigenvalue weighted by molar-refractivity contribution is -0.153. The molecule has 6 aliphatic rings. The molecule has 0 aromatic rings. The predicted molar refractivity (Wildman–Crippen MR) is 253 cm³/mol. The molecule has 0 aromatic heterocycles. The number of carboxylic acids is 1. The molecular formula is C49H91ClN4O9. The van der Waals surface area contributed by atoms with Crippen molar-refractivity contribution in [2.24, 2.45) is 74.7 Å². The van der Waals surface area contributed by atoms with Crippen molar-refractivity contribution in [2.45, 2.75) is 194 Å². The first-order valence-electron chi connectivity index (χ1n) is 22.1. The second kappa shape index (κ2) is 21.8. The molecule has 2 heterocycles. The number of nitrogens with one attached hydrogen (secondary N) is 1. The number of rotatable bonds is 13. The number of halogens is 1. The molecule has 4 aliphatic carbocycles. The molecule has 6 rings (SSSR count). The van der Waals surface area contributed by atoms with E-state index in [0.29, 0.717) is 43.2 Å². The number of nitrogens with two attached hydrogens (primary N) is 1. The minimum absolute atomic E-state index is 0. The van der Waals surface area contributed by atoms with Crippen molar-refractivity contribution in [3.63, 3.8) is 0 Å². The van der Waals surface area contributed by atoms with Gasteiger partial charge in [0.1, 0.15) is 24.3 Å². The summed E-state index contributed by atoms with van der Waals surface area (Å²) in [5.41, 5.74) is 5.38. The maximum Gasteiger partial charge on any atom is 0.326 e. The molecule has 0 spiro atoms. The third kappa shape index (κ3) is 13.7. The number of carbonyl (C=O) groups is 6. The number of carbonyl (C=O) groups excluding carboxylic acids is 5. The highest BCUT2D eigenvalue weighted by molar-refractivity contribution is 5.91. The summed E-state index contributed by atoms with van der Waals surface area (Å²) in [6, 6.07) is -2.07. The summed E-state index contributed by atoms with van der Waals surface area (Å²) in [7, 11) is 0. The van der Waals surface area contributed by atoms with E-state index in [1.165, 1.54) is 26.7 Å². The minimum atomic E-state index is -1.19. The standard InChI is InChI=1S/C23H38N2O4.C15H25NO3.C8H15NO2.3CH4.ClH/c1-12(22(3,4)5)21(29)25-11-15-17(23(15,6)7)18(25)20(28)24-16(10-14-8-9-14)19(27)13(2)26;1-8(14(2,3)4)12(17)16-7-9-10(15(9,5)6)11(16)13(18)19;1-5(10)8(11)7(9)4-6-2-3-6;;;;/h12,14-19,27H,8-11H2,1-7H3,(H,24,28);8-11H,7H2,1-6H3,(H,18,19);6-8,11H,2-4,9H2,1H3;3*1H4;1H/t12-,15+,16?,17+,18+,19?;8-,9+,10+,11+;;;;;/m11...../s1. The Hall–Kier alpha value is -2.61. The number of amides is 3. The summed E-state index contributed by atoms with van der Waals surface area (Å²) < 4.78 is 0. The van der Waals surface area contributed by atoms with Gasteiger partial charge in [0.05, 0.1) is 6.04 Å². The highest BCUT2D eigenvalue weighted by atomic mass is 35.5. The summed E-state index contributed by atoms with van der Waals surface area (Å²) >= 11 is 0. The molecule has 12 atom stereocenters. The third-order valence-electron chi connectivity index (χ3n) is 15.4. The van der Waals surface area contributed by atoms with E-state index in [2.05, 4.69) is 33.0 Å². The van der Waals surface area contributed by atoms with Gasteiger partial charge in [-0.1, -0.05) is 131 Å². The third-order valence-corrected chi connectivity index (χ3v) is 15.4. The monoisotopic (exact) mass is 915 g/mol. The van der Waals surface area contributed by atoms with Crippen molar-refractivity contribution in [1.29, 1.82) is 0 Å². The molecule has 0 bridgehead atoms. The maximum atomic E-state index is 13.4. The first kappa shape index (κ1) is 60.4. The van der Waals surface area contributed by atoms with Crippen LogP contribution in [0.2, 0.25) is 0 Å². The number of fused-ring (bicyclic) bond motifs is 2. The largest absolute Gasteiger partial charge is 0.480 e. The Morgan fingerprint density at radius 3 is 1.35 bits per heavy atom. The molecule has 6 fully saturated rings. The van der Waals surface area contributed by atoms with Gasteiger partial charge >= 0.3 is 5.97 Å². The summed E-state index contributed by atoms with van der Waals surface area (Å²) in [5, 5.41) is 32.0. The SMILES string of the molecule is C.C.C.CC(=O)C(O)C(CC1CC1)NC(=O)[C@@H]1[C@@H]2[C@H](CN1C(=O)[C@@H](C)C(C)(C)C)C2(C)C.CC(=O)C(O)C(N)CC1CC1.C[C@H](C(=O)N1C[C@H]2[C@@H]([C@H]1C(=O)O)C2(C)C)C(C)(C)C.Cl. The van der Waals surface area contributed by atoms with Gasteiger partial charge in [-0.3, -0.25) is 24.0 Å². The number of likely N-dealkylation sites (tertiary alicyclic amines) is 2. The molecule has 14 heteroatoms.